The first-order chi connectivity index (χ1) is 9.85. The van der Waals surface area contributed by atoms with Gasteiger partial charge in [-0.25, -0.2) is 0 Å². The molecule has 0 aromatic rings. The average molecular weight is 327 g/mol. The zero-order valence-corrected chi connectivity index (χ0v) is 16.8. The molecule has 0 saturated heterocycles. The summed E-state index contributed by atoms with van der Waals surface area (Å²) < 4.78 is 5.81. The quantitative estimate of drug-likeness (QED) is 0.212. The Kier molecular flexibility index (Phi) is 24.0. The fraction of sp³-hybridized carbons (Fsp3) is 0.944. The molecule has 0 aliphatic rings. The largest absolute Gasteiger partial charge is 2.00 e. The van der Waals surface area contributed by atoms with Crippen LogP contribution in [0.3, 0.4) is 0 Å². The Hall–Kier alpha value is 0.890. The van der Waals surface area contributed by atoms with Gasteiger partial charge >= 0.3 is 37.7 Å². The summed E-state index contributed by atoms with van der Waals surface area (Å²) >= 11 is 0. The molecule has 1 unspecified atom stereocenters. The Labute approximate surface area is 165 Å². The molecule has 0 aromatic carbocycles. The molecular formula is C18H38CaO2. The van der Waals surface area contributed by atoms with Crippen molar-refractivity contribution in [2.45, 2.75) is 103 Å². The van der Waals surface area contributed by atoms with Gasteiger partial charge in [-0.2, -0.15) is 0 Å². The molecule has 0 fully saturated rings. The summed E-state index contributed by atoms with van der Waals surface area (Å²) in [6.45, 7) is 5.27. The number of carbonyl (C=O) groups excluding carboxylic acids is 1. The van der Waals surface area contributed by atoms with Crippen molar-refractivity contribution in [3.63, 3.8) is 0 Å². The number of ether oxygens (including phenoxy) is 1. The second kappa shape index (κ2) is 20.9. The second-order valence-corrected chi connectivity index (χ2v) is 5.83. The molecule has 0 amide bonds. The van der Waals surface area contributed by atoms with E-state index in [0.717, 1.165) is 25.7 Å². The van der Waals surface area contributed by atoms with Gasteiger partial charge in [0.15, 0.2) is 0 Å². The fourth-order valence-corrected chi connectivity index (χ4v) is 2.50. The Morgan fingerprint density at radius 1 is 0.905 bits per heavy atom. The molecule has 21 heavy (non-hydrogen) atoms. The molecular weight excluding hydrogens is 288 g/mol. The van der Waals surface area contributed by atoms with Crippen molar-refractivity contribution in [2.75, 3.05) is 6.61 Å². The Morgan fingerprint density at radius 3 is 1.90 bits per heavy atom. The monoisotopic (exact) mass is 326 g/mol. The summed E-state index contributed by atoms with van der Waals surface area (Å²) in [6.07, 6.45) is 17.4. The predicted molar refractivity (Wildman–Crippen MR) is 95.2 cm³/mol. The van der Waals surface area contributed by atoms with Gasteiger partial charge in [-0.3, -0.25) is 0 Å². The Morgan fingerprint density at radius 2 is 1.43 bits per heavy atom. The molecule has 3 heteroatoms. The van der Waals surface area contributed by atoms with Crippen molar-refractivity contribution in [3.05, 3.63) is 0 Å². The van der Waals surface area contributed by atoms with Crippen LogP contribution in [0, 0.1) is 0 Å². The predicted octanol–water partition coefficient (Wildman–Crippen LogP) is 5.53. The zero-order valence-electron chi connectivity index (χ0n) is 16.6. The van der Waals surface area contributed by atoms with Gasteiger partial charge in [0.05, 0.1) is 6.10 Å². The molecule has 0 radical (unpaired) electrons. The zero-order chi connectivity index (χ0) is 14.9. The van der Waals surface area contributed by atoms with Crippen LogP contribution in [-0.2, 0) is 9.53 Å². The Bertz CT molecular complexity index is 207. The van der Waals surface area contributed by atoms with Crippen LogP contribution in [0.5, 0.6) is 0 Å². The van der Waals surface area contributed by atoms with Gasteiger partial charge in [0.1, 0.15) is 6.29 Å². The van der Waals surface area contributed by atoms with E-state index in [2.05, 4.69) is 13.8 Å². The van der Waals surface area contributed by atoms with E-state index in [1.165, 1.54) is 64.2 Å². The first-order valence-electron chi connectivity index (χ1n) is 8.90. The van der Waals surface area contributed by atoms with E-state index in [-0.39, 0.29) is 40.6 Å². The summed E-state index contributed by atoms with van der Waals surface area (Å²) in [5.74, 6) is 0. The minimum absolute atomic E-state index is 0. The van der Waals surface area contributed by atoms with Crippen LogP contribution in [0.1, 0.15) is 100 Å². The number of carbonyl (C=O) groups is 1. The van der Waals surface area contributed by atoms with Crippen LogP contribution in [0.15, 0.2) is 0 Å². The Balaban J connectivity index is -0.000000602. The van der Waals surface area contributed by atoms with Gasteiger partial charge in [-0.05, 0) is 19.3 Å². The SMILES string of the molecule is CCCCCCCCCCCCOC(CC)CCC=O.[Ca+2].[H-].[H-]. The smallest absolute Gasteiger partial charge is 1.00 e. The number of hydrogen-bond donors (Lipinski definition) is 0. The summed E-state index contributed by atoms with van der Waals surface area (Å²) in [4.78, 5) is 10.3. The van der Waals surface area contributed by atoms with E-state index in [1.807, 2.05) is 0 Å². The molecule has 0 aliphatic carbocycles. The maximum Gasteiger partial charge on any atom is 2.00 e. The van der Waals surface area contributed by atoms with Crippen molar-refractivity contribution < 1.29 is 12.4 Å². The third kappa shape index (κ3) is 18.8. The molecule has 0 heterocycles. The molecule has 0 saturated carbocycles. The van der Waals surface area contributed by atoms with Crippen molar-refractivity contribution in [3.8, 4) is 0 Å². The van der Waals surface area contributed by atoms with E-state index in [4.69, 9.17) is 4.74 Å². The summed E-state index contributed by atoms with van der Waals surface area (Å²) in [6, 6.07) is 0. The maximum absolute atomic E-state index is 10.3. The second-order valence-electron chi connectivity index (χ2n) is 5.83. The normalized spacial score (nSPS) is 11.9. The number of rotatable bonds is 16. The summed E-state index contributed by atoms with van der Waals surface area (Å²) in [5, 5.41) is 0. The third-order valence-corrected chi connectivity index (χ3v) is 3.91. The molecule has 0 aliphatic heterocycles. The van der Waals surface area contributed by atoms with Crippen molar-refractivity contribution in [1.29, 1.82) is 0 Å². The van der Waals surface area contributed by atoms with Crippen LogP contribution < -0.4 is 0 Å². The molecule has 124 valence electrons. The molecule has 0 N–H and O–H groups in total. The molecule has 0 aromatic heterocycles. The first kappa shape index (κ1) is 24.1. The molecule has 2 nitrogen and oxygen atoms in total. The standard InChI is InChI=1S/C18H36O2.Ca.2H/c1-3-5-6-7-8-9-10-11-12-13-17-20-18(4-2)15-14-16-19;;;/h16,18H,3-15,17H2,1-2H3;;;/q;+2;2*-1. The van der Waals surface area contributed by atoms with Crippen LogP contribution in [0.4, 0.5) is 0 Å². The minimum Gasteiger partial charge on any atom is -1.00 e. The maximum atomic E-state index is 10.3. The number of hydrogen-bond acceptors (Lipinski definition) is 2. The number of unbranched alkanes of at least 4 members (excludes halogenated alkanes) is 9. The molecule has 0 rings (SSSR count). The van der Waals surface area contributed by atoms with Gasteiger partial charge in [0.25, 0.3) is 0 Å². The van der Waals surface area contributed by atoms with Gasteiger partial charge < -0.3 is 12.4 Å². The fourth-order valence-electron chi connectivity index (χ4n) is 2.50. The van der Waals surface area contributed by atoms with E-state index in [9.17, 15) is 4.79 Å². The van der Waals surface area contributed by atoms with E-state index in [0.29, 0.717) is 12.5 Å². The van der Waals surface area contributed by atoms with Gasteiger partial charge in [-0.15, -0.1) is 0 Å². The third-order valence-electron chi connectivity index (χ3n) is 3.91. The molecule has 1 atom stereocenters. The van der Waals surface area contributed by atoms with Gasteiger partial charge in [-0.1, -0.05) is 71.6 Å². The van der Waals surface area contributed by atoms with E-state index in [1.54, 1.807) is 0 Å². The van der Waals surface area contributed by atoms with Crippen molar-refractivity contribution in [2.24, 2.45) is 0 Å². The summed E-state index contributed by atoms with van der Waals surface area (Å²) in [7, 11) is 0. The van der Waals surface area contributed by atoms with Crippen LogP contribution >= 0.6 is 0 Å². The molecule has 0 spiro atoms. The number of aldehydes is 1. The summed E-state index contributed by atoms with van der Waals surface area (Å²) in [5.41, 5.74) is 0. The van der Waals surface area contributed by atoms with E-state index < -0.39 is 0 Å². The van der Waals surface area contributed by atoms with Crippen LogP contribution in [-0.4, -0.2) is 56.7 Å². The first-order valence-corrected chi connectivity index (χ1v) is 8.90. The van der Waals surface area contributed by atoms with Crippen LogP contribution in [0.25, 0.3) is 0 Å². The van der Waals surface area contributed by atoms with Crippen molar-refractivity contribution in [1.82, 2.24) is 0 Å². The van der Waals surface area contributed by atoms with E-state index >= 15 is 0 Å². The van der Waals surface area contributed by atoms with Gasteiger partial charge in [0, 0.05) is 13.0 Å². The average Bonchev–Trinajstić information content (AvgIpc) is 2.48. The van der Waals surface area contributed by atoms with Crippen LogP contribution in [0.2, 0.25) is 0 Å². The van der Waals surface area contributed by atoms with Crippen molar-refractivity contribution >= 4 is 44.0 Å². The minimum atomic E-state index is 0. The topological polar surface area (TPSA) is 26.3 Å². The van der Waals surface area contributed by atoms with Gasteiger partial charge in [0.2, 0.25) is 0 Å². The molecule has 0 bridgehead atoms.